The Bertz CT molecular complexity index is 411. The summed E-state index contributed by atoms with van der Waals surface area (Å²) in [6.07, 6.45) is -4.78. The molecule has 0 aromatic carbocycles. The fourth-order valence-corrected chi connectivity index (χ4v) is 0.837. The van der Waals surface area contributed by atoms with Gasteiger partial charge in [-0.1, -0.05) is 0 Å². The van der Waals surface area contributed by atoms with Crippen LogP contribution in [0, 0.1) is 0 Å². The lowest BCUT2D eigenvalue weighted by Crippen LogP contribution is -2.41. The third-order valence-corrected chi connectivity index (χ3v) is 1.74. The molecule has 0 aliphatic carbocycles. The monoisotopic (exact) mass is 277 g/mol. The second-order valence-electron chi connectivity index (χ2n) is 2.89. The lowest BCUT2D eigenvalue weighted by Gasteiger charge is -2.19. The van der Waals surface area contributed by atoms with E-state index in [1.54, 1.807) is 0 Å². The lowest BCUT2D eigenvalue weighted by atomic mass is 10.3. The maximum absolute atomic E-state index is 12.5. The molecule has 0 aliphatic rings. The Morgan fingerprint density at radius 1 is 1.29 bits per heavy atom. The number of alkyl halides is 5. The van der Waals surface area contributed by atoms with E-state index in [0.29, 0.717) is 0 Å². The van der Waals surface area contributed by atoms with Gasteiger partial charge >= 0.3 is 12.1 Å². The zero-order valence-electron chi connectivity index (χ0n) is 7.93. The van der Waals surface area contributed by atoms with Gasteiger partial charge in [-0.2, -0.15) is 26.9 Å². The molecule has 0 saturated heterocycles. The van der Waals surface area contributed by atoms with Crippen LogP contribution in [0.1, 0.15) is 0 Å². The number of aromatic nitrogens is 2. The molecule has 2 N–H and O–H groups in total. The minimum atomic E-state index is -5.71. The van der Waals surface area contributed by atoms with Gasteiger partial charge in [-0.25, -0.2) is 4.98 Å². The van der Waals surface area contributed by atoms with Gasteiger partial charge in [0, 0.05) is 0 Å². The number of nitrogen functional groups attached to an aromatic ring is 1. The molecule has 1 rings (SSSR count). The summed E-state index contributed by atoms with van der Waals surface area (Å²) < 4.78 is 64.5. The summed E-state index contributed by atoms with van der Waals surface area (Å²) in [7, 11) is 0. The zero-order chi connectivity index (χ0) is 13.3. The van der Waals surface area contributed by atoms with E-state index in [1.165, 1.54) is 0 Å². The molecule has 0 unspecified atom stereocenters. The van der Waals surface area contributed by atoms with Crippen molar-refractivity contribution in [3.05, 3.63) is 11.5 Å². The van der Waals surface area contributed by atoms with Crippen molar-refractivity contribution in [2.75, 3.05) is 12.3 Å². The van der Waals surface area contributed by atoms with Crippen LogP contribution < -0.4 is 10.5 Å². The normalized spacial score (nSPS) is 12.6. The van der Waals surface area contributed by atoms with E-state index in [9.17, 15) is 22.0 Å². The molecule has 0 bridgehead atoms. The summed E-state index contributed by atoms with van der Waals surface area (Å²) in [5.74, 6) is -5.63. The van der Waals surface area contributed by atoms with Crippen molar-refractivity contribution in [2.24, 2.45) is 0 Å². The number of halogens is 6. The van der Waals surface area contributed by atoms with Gasteiger partial charge in [0.05, 0.1) is 6.20 Å². The number of hydrogen-bond acceptors (Lipinski definition) is 4. The average molecular weight is 278 g/mol. The molecule has 0 fully saturated rings. The van der Waals surface area contributed by atoms with Crippen molar-refractivity contribution < 1.29 is 26.7 Å². The minimum Gasteiger partial charge on any atom is -0.469 e. The average Bonchev–Trinajstić information content (AvgIpc) is 2.18. The summed E-state index contributed by atoms with van der Waals surface area (Å²) in [6.45, 7) is -1.94. The summed E-state index contributed by atoms with van der Waals surface area (Å²) in [5, 5.41) is -0.385. The second kappa shape index (κ2) is 4.47. The van der Waals surface area contributed by atoms with Gasteiger partial charge in [-0.3, -0.25) is 0 Å². The molecule has 17 heavy (non-hydrogen) atoms. The van der Waals surface area contributed by atoms with Gasteiger partial charge in [0.1, 0.15) is 5.69 Å². The number of ether oxygens (including phenoxy) is 1. The van der Waals surface area contributed by atoms with E-state index in [4.69, 9.17) is 17.3 Å². The van der Waals surface area contributed by atoms with Gasteiger partial charge in [0.2, 0.25) is 11.2 Å². The second-order valence-corrected chi connectivity index (χ2v) is 3.23. The Balaban J connectivity index is 2.77. The van der Waals surface area contributed by atoms with Crippen LogP contribution >= 0.6 is 11.6 Å². The Morgan fingerprint density at radius 2 is 1.88 bits per heavy atom. The molecule has 0 atom stereocenters. The van der Waals surface area contributed by atoms with Gasteiger partial charge in [-0.15, -0.1) is 0 Å². The molecular formula is C7H5ClF5N3O. The predicted octanol–water partition coefficient (Wildman–Crippen LogP) is 2.29. The first-order valence-electron chi connectivity index (χ1n) is 3.99. The van der Waals surface area contributed by atoms with E-state index < -0.39 is 24.6 Å². The third-order valence-electron chi connectivity index (χ3n) is 1.56. The molecule has 1 aromatic rings. The quantitative estimate of drug-likeness (QED) is 0.680. The van der Waals surface area contributed by atoms with Gasteiger partial charge in [-0.05, 0) is 11.6 Å². The summed E-state index contributed by atoms with van der Waals surface area (Å²) in [4.78, 5) is 6.64. The maximum atomic E-state index is 12.5. The Hall–Kier alpha value is -1.38. The number of nitrogens with zero attached hydrogens (tertiary/aromatic N) is 2. The van der Waals surface area contributed by atoms with E-state index in [-0.39, 0.29) is 11.0 Å². The minimum absolute atomic E-state index is 0.299. The highest BCUT2D eigenvalue weighted by Gasteiger charge is 2.58. The first-order valence-corrected chi connectivity index (χ1v) is 4.36. The van der Waals surface area contributed by atoms with Crippen LogP contribution in [0.25, 0.3) is 0 Å². The molecule has 1 aromatic heterocycles. The van der Waals surface area contributed by atoms with Crippen LogP contribution in [0.2, 0.25) is 5.28 Å². The van der Waals surface area contributed by atoms with Crippen molar-refractivity contribution in [2.45, 2.75) is 12.1 Å². The molecule has 0 amide bonds. The fraction of sp³-hybridized carbons (Fsp3) is 0.429. The van der Waals surface area contributed by atoms with E-state index >= 15 is 0 Å². The molecular weight excluding hydrogens is 273 g/mol. The molecule has 10 heteroatoms. The van der Waals surface area contributed by atoms with Crippen molar-refractivity contribution in [3.8, 4) is 5.88 Å². The van der Waals surface area contributed by atoms with Crippen LogP contribution in [-0.2, 0) is 0 Å². The molecule has 0 radical (unpaired) electrons. The number of rotatable bonds is 3. The summed E-state index contributed by atoms with van der Waals surface area (Å²) in [6, 6.07) is 0. The maximum Gasteiger partial charge on any atom is 0.456 e. The van der Waals surface area contributed by atoms with Gasteiger partial charge in [0.25, 0.3) is 0 Å². The molecule has 96 valence electrons. The van der Waals surface area contributed by atoms with E-state index in [1.807, 2.05) is 0 Å². The van der Waals surface area contributed by atoms with Crippen LogP contribution in [0.5, 0.6) is 5.88 Å². The molecule has 0 spiro atoms. The van der Waals surface area contributed by atoms with Crippen molar-refractivity contribution >= 4 is 17.3 Å². The van der Waals surface area contributed by atoms with E-state index in [2.05, 4.69) is 14.7 Å². The molecule has 4 nitrogen and oxygen atoms in total. The standard InChI is InChI=1S/C7H5ClF5N3O/c8-5-15-1-3(14)4(16-5)17-2-6(9,10)7(11,12)13/h1H,2,14H2. The van der Waals surface area contributed by atoms with Crippen molar-refractivity contribution in [1.29, 1.82) is 0 Å². The van der Waals surface area contributed by atoms with Crippen molar-refractivity contribution in [1.82, 2.24) is 9.97 Å². The number of nitrogens with two attached hydrogens (primary N) is 1. The highest BCUT2D eigenvalue weighted by atomic mass is 35.5. The van der Waals surface area contributed by atoms with Crippen LogP contribution in [0.15, 0.2) is 6.20 Å². The Morgan fingerprint density at radius 3 is 2.41 bits per heavy atom. The van der Waals surface area contributed by atoms with E-state index in [0.717, 1.165) is 6.20 Å². The smallest absolute Gasteiger partial charge is 0.456 e. The third kappa shape index (κ3) is 3.29. The Labute approximate surface area is 96.5 Å². The fourth-order valence-electron chi connectivity index (χ4n) is 0.712. The topological polar surface area (TPSA) is 61.0 Å². The predicted molar refractivity (Wildman–Crippen MR) is 48.0 cm³/mol. The van der Waals surface area contributed by atoms with Crippen LogP contribution in [-0.4, -0.2) is 28.7 Å². The highest BCUT2D eigenvalue weighted by Crippen LogP contribution is 2.36. The first-order chi connectivity index (χ1) is 7.63. The van der Waals surface area contributed by atoms with Gasteiger partial charge in [0.15, 0.2) is 6.61 Å². The SMILES string of the molecule is Nc1cnc(Cl)nc1OCC(F)(F)C(F)(F)F. The van der Waals surface area contributed by atoms with Crippen LogP contribution in [0.4, 0.5) is 27.6 Å². The molecule has 0 saturated carbocycles. The zero-order valence-corrected chi connectivity index (χ0v) is 8.69. The number of hydrogen-bond donors (Lipinski definition) is 1. The first kappa shape index (κ1) is 13.7. The molecule has 0 aliphatic heterocycles. The summed E-state index contributed by atoms with van der Waals surface area (Å²) >= 11 is 5.29. The summed E-state index contributed by atoms with van der Waals surface area (Å²) in [5.41, 5.74) is 4.89. The lowest BCUT2D eigenvalue weighted by molar-refractivity contribution is -0.290. The van der Waals surface area contributed by atoms with Crippen molar-refractivity contribution in [3.63, 3.8) is 0 Å². The molecule has 1 heterocycles. The van der Waals surface area contributed by atoms with Gasteiger partial charge < -0.3 is 10.5 Å². The van der Waals surface area contributed by atoms with Crippen LogP contribution in [0.3, 0.4) is 0 Å². The largest absolute Gasteiger partial charge is 0.469 e. The Kier molecular flexibility index (Phi) is 3.60. The highest BCUT2D eigenvalue weighted by molar-refractivity contribution is 6.28. The number of anilines is 1.